The van der Waals surface area contributed by atoms with Crippen LogP contribution in [0.4, 0.5) is 13.2 Å². The van der Waals surface area contributed by atoms with Crippen molar-refractivity contribution in [3.63, 3.8) is 0 Å². The molecule has 1 heterocycles. The van der Waals surface area contributed by atoms with Crippen molar-refractivity contribution in [2.75, 3.05) is 6.54 Å². The number of alkyl halides is 3. The third kappa shape index (κ3) is 5.64. The van der Waals surface area contributed by atoms with Gasteiger partial charge in [-0.3, -0.25) is 4.79 Å². The Hall–Kier alpha value is -3.96. The summed E-state index contributed by atoms with van der Waals surface area (Å²) in [6.07, 6.45) is -4.95. The standard InChI is InChI=1S/C25H19F3N2O5S/c26-25(27,28)21-14-18(8-11-20(21)16-4-2-1-3-5-16)23-15-22(30-35-23)17-6-9-19(10-7-17)36(33,34)29-13-12-24(31)32/h1-11,14-15,29H,12-13H2,(H,31,32). The zero-order valence-corrected chi connectivity index (χ0v) is 19.3. The second-order valence-electron chi connectivity index (χ2n) is 7.77. The Balaban J connectivity index is 1.59. The Bertz CT molecular complexity index is 1480. The summed E-state index contributed by atoms with van der Waals surface area (Å²) in [4.78, 5) is 10.5. The quantitative estimate of drug-likeness (QED) is 0.323. The minimum Gasteiger partial charge on any atom is -0.481 e. The summed E-state index contributed by atoms with van der Waals surface area (Å²) in [7, 11) is -3.90. The molecule has 0 spiro atoms. The Morgan fingerprint density at radius 3 is 2.22 bits per heavy atom. The van der Waals surface area contributed by atoms with Crippen molar-refractivity contribution in [2.24, 2.45) is 0 Å². The SMILES string of the molecule is O=C(O)CCNS(=O)(=O)c1ccc(-c2cc(-c3ccc(-c4ccccc4)c(C(F)(F)F)c3)on2)cc1. The first-order valence-electron chi connectivity index (χ1n) is 10.6. The molecule has 0 unspecified atom stereocenters. The molecule has 7 nitrogen and oxygen atoms in total. The van der Waals surface area contributed by atoms with Crippen LogP contribution in [0.2, 0.25) is 0 Å². The van der Waals surface area contributed by atoms with Crippen LogP contribution >= 0.6 is 0 Å². The van der Waals surface area contributed by atoms with Gasteiger partial charge < -0.3 is 9.63 Å². The lowest BCUT2D eigenvalue weighted by Gasteiger charge is -2.14. The number of sulfonamides is 1. The van der Waals surface area contributed by atoms with Gasteiger partial charge in [0, 0.05) is 23.7 Å². The lowest BCUT2D eigenvalue weighted by atomic mass is 9.96. The van der Waals surface area contributed by atoms with E-state index in [1.807, 2.05) is 0 Å². The van der Waals surface area contributed by atoms with Gasteiger partial charge in [-0.1, -0.05) is 59.8 Å². The molecule has 4 aromatic rings. The first kappa shape index (κ1) is 25.1. The van der Waals surface area contributed by atoms with Crippen molar-refractivity contribution in [3.05, 3.63) is 84.4 Å². The van der Waals surface area contributed by atoms with Gasteiger partial charge in [-0.2, -0.15) is 13.2 Å². The molecule has 0 fully saturated rings. The molecular weight excluding hydrogens is 497 g/mol. The third-order valence-electron chi connectivity index (χ3n) is 5.30. The average Bonchev–Trinajstić information content (AvgIpc) is 3.34. The first-order chi connectivity index (χ1) is 17.0. The number of hydrogen-bond donors (Lipinski definition) is 2. The second kappa shape index (κ2) is 9.96. The Labute approximate surface area is 204 Å². The molecule has 3 aromatic carbocycles. The van der Waals surface area contributed by atoms with Crippen molar-refractivity contribution in [1.29, 1.82) is 0 Å². The molecular formula is C25H19F3N2O5S. The smallest absolute Gasteiger partial charge is 0.417 e. The van der Waals surface area contributed by atoms with Crippen molar-refractivity contribution in [1.82, 2.24) is 9.88 Å². The molecule has 0 amide bonds. The number of aromatic nitrogens is 1. The van der Waals surface area contributed by atoms with Gasteiger partial charge in [0.05, 0.1) is 16.9 Å². The van der Waals surface area contributed by atoms with E-state index in [0.717, 1.165) is 6.07 Å². The minimum absolute atomic E-state index is 0.0420. The molecule has 36 heavy (non-hydrogen) atoms. The lowest BCUT2D eigenvalue weighted by molar-refractivity contribution is -0.137. The lowest BCUT2D eigenvalue weighted by Crippen LogP contribution is -2.26. The number of nitrogens with zero attached hydrogens (tertiary/aromatic N) is 1. The fourth-order valence-corrected chi connectivity index (χ4v) is 4.56. The van der Waals surface area contributed by atoms with Crippen molar-refractivity contribution in [2.45, 2.75) is 17.5 Å². The number of rotatable bonds is 8. The summed E-state index contributed by atoms with van der Waals surface area (Å²) in [6.45, 7) is -0.255. The Morgan fingerprint density at radius 1 is 0.917 bits per heavy atom. The van der Waals surface area contributed by atoms with Gasteiger partial charge in [-0.05, 0) is 29.3 Å². The molecule has 186 valence electrons. The number of carboxylic acids is 1. The van der Waals surface area contributed by atoms with E-state index < -0.39 is 27.7 Å². The van der Waals surface area contributed by atoms with Crippen LogP contribution in [0.1, 0.15) is 12.0 Å². The van der Waals surface area contributed by atoms with Crippen LogP contribution in [0.15, 0.2) is 88.3 Å². The number of halogens is 3. The molecule has 0 bridgehead atoms. The molecule has 0 saturated heterocycles. The molecule has 0 aliphatic heterocycles. The largest absolute Gasteiger partial charge is 0.481 e. The van der Waals surface area contributed by atoms with E-state index in [2.05, 4.69) is 9.88 Å². The highest BCUT2D eigenvalue weighted by atomic mass is 32.2. The highest BCUT2D eigenvalue weighted by molar-refractivity contribution is 7.89. The molecule has 1 aromatic heterocycles. The summed E-state index contributed by atoms with van der Waals surface area (Å²) < 4.78 is 73.5. The van der Waals surface area contributed by atoms with Crippen LogP contribution in [-0.4, -0.2) is 31.2 Å². The summed E-state index contributed by atoms with van der Waals surface area (Å²) >= 11 is 0. The van der Waals surface area contributed by atoms with Crippen LogP contribution in [0.5, 0.6) is 0 Å². The summed E-state index contributed by atoms with van der Waals surface area (Å²) in [5.74, 6) is -1.02. The maximum Gasteiger partial charge on any atom is 0.417 e. The molecule has 0 aliphatic rings. The van der Waals surface area contributed by atoms with E-state index in [4.69, 9.17) is 9.63 Å². The summed E-state index contributed by atoms with van der Waals surface area (Å²) in [5.41, 5.74) is 0.624. The Kier molecular flexibility index (Phi) is 6.95. The van der Waals surface area contributed by atoms with Crippen molar-refractivity contribution < 1.29 is 36.0 Å². The predicted octanol–water partition coefficient (Wildman–Crippen LogP) is 5.45. The topological polar surface area (TPSA) is 110 Å². The summed E-state index contributed by atoms with van der Waals surface area (Å²) in [5, 5.41) is 12.6. The Morgan fingerprint density at radius 2 is 1.58 bits per heavy atom. The highest BCUT2D eigenvalue weighted by Gasteiger charge is 2.34. The fraction of sp³-hybridized carbons (Fsp3) is 0.120. The van der Waals surface area contributed by atoms with E-state index in [9.17, 15) is 26.4 Å². The maximum atomic E-state index is 13.8. The first-order valence-corrected chi connectivity index (χ1v) is 12.1. The average molecular weight is 516 g/mol. The van der Waals surface area contributed by atoms with Crippen LogP contribution in [0.25, 0.3) is 33.7 Å². The maximum absolute atomic E-state index is 13.8. The van der Waals surface area contributed by atoms with Gasteiger partial charge in [0.1, 0.15) is 5.69 Å². The zero-order chi connectivity index (χ0) is 25.9. The number of aliphatic carboxylic acids is 1. The van der Waals surface area contributed by atoms with E-state index >= 15 is 0 Å². The molecule has 0 radical (unpaired) electrons. The predicted molar refractivity (Wildman–Crippen MR) is 125 cm³/mol. The normalized spacial score (nSPS) is 12.0. The summed E-state index contributed by atoms with van der Waals surface area (Å²) in [6, 6.07) is 19.2. The van der Waals surface area contributed by atoms with Crippen molar-refractivity contribution >= 4 is 16.0 Å². The molecule has 4 rings (SSSR count). The van der Waals surface area contributed by atoms with Crippen LogP contribution in [-0.2, 0) is 21.0 Å². The fourth-order valence-electron chi connectivity index (χ4n) is 3.53. The molecule has 0 saturated carbocycles. The van der Waals surface area contributed by atoms with E-state index in [0.29, 0.717) is 16.8 Å². The van der Waals surface area contributed by atoms with Crippen LogP contribution in [0.3, 0.4) is 0 Å². The molecule has 2 N–H and O–H groups in total. The number of benzene rings is 3. The van der Waals surface area contributed by atoms with Gasteiger partial charge in [0.25, 0.3) is 0 Å². The van der Waals surface area contributed by atoms with Gasteiger partial charge in [-0.25, -0.2) is 13.1 Å². The van der Waals surface area contributed by atoms with Crippen LogP contribution in [0, 0.1) is 0 Å². The molecule has 0 atom stereocenters. The number of carbonyl (C=O) groups is 1. The number of carboxylic acid groups (broad SMARTS) is 1. The number of nitrogens with one attached hydrogen (secondary N) is 1. The molecule has 0 aliphatic carbocycles. The van der Waals surface area contributed by atoms with E-state index in [-0.39, 0.29) is 34.7 Å². The second-order valence-corrected chi connectivity index (χ2v) is 9.53. The van der Waals surface area contributed by atoms with Gasteiger partial charge in [-0.15, -0.1) is 0 Å². The van der Waals surface area contributed by atoms with Gasteiger partial charge >= 0.3 is 12.1 Å². The van der Waals surface area contributed by atoms with Gasteiger partial charge in [0.2, 0.25) is 10.0 Å². The van der Waals surface area contributed by atoms with Gasteiger partial charge in [0.15, 0.2) is 5.76 Å². The minimum atomic E-state index is -4.59. The monoisotopic (exact) mass is 516 g/mol. The highest BCUT2D eigenvalue weighted by Crippen LogP contribution is 2.40. The van der Waals surface area contributed by atoms with E-state index in [1.54, 1.807) is 30.3 Å². The van der Waals surface area contributed by atoms with Crippen LogP contribution < -0.4 is 4.72 Å². The van der Waals surface area contributed by atoms with Crippen molar-refractivity contribution in [3.8, 4) is 33.7 Å². The number of hydrogen-bond acceptors (Lipinski definition) is 5. The molecule has 11 heteroatoms. The van der Waals surface area contributed by atoms with E-state index in [1.165, 1.54) is 42.5 Å². The third-order valence-corrected chi connectivity index (χ3v) is 6.77. The zero-order valence-electron chi connectivity index (χ0n) is 18.5.